The summed E-state index contributed by atoms with van der Waals surface area (Å²) >= 11 is 0. The van der Waals surface area contributed by atoms with E-state index in [4.69, 9.17) is 4.74 Å². The number of aliphatic hydroxyl groups is 2. The topological polar surface area (TPSA) is 95.9 Å². The average molecular weight is 989 g/mol. The average Bonchev–Trinajstić information content (AvgIpc) is 3.36. The predicted octanol–water partition coefficient (Wildman–Crippen LogP) is 20.0. The van der Waals surface area contributed by atoms with E-state index < -0.39 is 12.1 Å². The highest BCUT2D eigenvalue weighted by Crippen LogP contribution is 2.18. The number of aliphatic hydroxyl groups excluding tert-OH is 2. The summed E-state index contributed by atoms with van der Waals surface area (Å²) in [7, 11) is 0. The zero-order valence-corrected chi connectivity index (χ0v) is 47.5. The molecule has 0 heterocycles. The molecule has 2 atom stereocenters. The minimum atomic E-state index is -0.666. The number of carbonyl (C=O) groups is 2. The molecule has 0 fully saturated rings. The van der Waals surface area contributed by atoms with Crippen LogP contribution in [0.2, 0.25) is 0 Å². The number of allylic oxidation sites excluding steroid dienone is 2. The van der Waals surface area contributed by atoms with Crippen LogP contribution in [0.3, 0.4) is 0 Å². The van der Waals surface area contributed by atoms with Crippen LogP contribution in [-0.2, 0) is 14.3 Å². The van der Waals surface area contributed by atoms with Crippen LogP contribution >= 0.6 is 0 Å². The molecule has 2 unspecified atom stereocenters. The van der Waals surface area contributed by atoms with Crippen molar-refractivity contribution in [3.05, 3.63) is 12.2 Å². The molecule has 0 aliphatic heterocycles. The van der Waals surface area contributed by atoms with Gasteiger partial charge in [0.1, 0.15) is 0 Å². The van der Waals surface area contributed by atoms with Gasteiger partial charge in [-0.15, -0.1) is 0 Å². The van der Waals surface area contributed by atoms with Crippen molar-refractivity contribution in [2.45, 2.75) is 373 Å². The van der Waals surface area contributed by atoms with Crippen molar-refractivity contribution in [3.8, 4) is 0 Å². The summed E-state index contributed by atoms with van der Waals surface area (Å²) in [5.41, 5.74) is 0. The Hall–Kier alpha value is -1.40. The summed E-state index contributed by atoms with van der Waals surface area (Å²) in [5.74, 6) is -0.0223. The van der Waals surface area contributed by atoms with Gasteiger partial charge in [-0.25, -0.2) is 0 Å². The summed E-state index contributed by atoms with van der Waals surface area (Å²) in [6.07, 6.45) is 72.3. The van der Waals surface area contributed by atoms with Crippen LogP contribution in [0.5, 0.6) is 0 Å². The van der Waals surface area contributed by atoms with Gasteiger partial charge in [-0.3, -0.25) is 9.59 Å². The summed E-state index contributed by atoms with van der Waals surface area (Å²) in [4.78, 5) is 24.5. The Labute approximate surface area is 438 Å². The third kappa shape index (κ3) is 55.9. The Kier molecular flexibility index (Phi) is 59.0. The van der Waals surface area contributed by atoms with Gasteiger partial charge >= 0.3 is 5.97 Å². The van der Waals surface area contributed by atoms with Crippen molar-refractivity contribution in [1.29, 1.82) is 0 Å². The first kappa shape index (κ1) is 68.6. The van der Waals surface area contributed by atoms with Gasteiger partial charge in [-0.2, -0.15) is 0 Å². The van der Waals surface area contributed by atoms with E-state index in [1.165, 1.54) is 289 Å². The highest BCUT2D eigenvalue weighted by Gasteiger charge is 2.20. The second kappa shape index (κ2) is 60.2. The first-order chi connectivity index (χ1) is 34.5. The lowest BCUT2D eigenvalue weighted by Crippen LogP contribution is -2.45. The lowest BCUT2D eigenvalue weighted by Gasteiger charge is -2.22. The van der Waals surface area contributed by atoms with Gasteiger partial charge in [0.25, 0.3) is 0 Å². The molecule has 70 heavy (non-hydrogen) atoms. The first-order valence-electron chi connectivity index (χ1n) is 31.9. The monoisotopic (exact) mass is 988 g/mol. The zero-order valence-electron chi connectivity index (χ0n) is 47.5. The van der Waals surface area contributed by atoms with E-state index >= 15 is 0 Å². The van der Waals surface area contributed by atoms with E-state index in [1.807, 2.05) is 0 Å². The van der Waals surface area contributed by atoms with Gasteiger partial charge < -0.3 is 20.3 Å². The molecular weight excluding hydrogens is 863 g/mol. The Morgan fingerprint density at radius 1 is 0.386 bits per heavy atom. The van der Waals surface area contributed by atoms with Gasteiger partial charge in [-0.05, 0) is 51.4 Å². The second-order valence-corrected chi connectivity index (χ2v) is 22.1. The highest BCUT2D eigenvalue weighted by atomic mass is 16.5. The maximum absolute atomic E-state index is 12.5. The maximum atomic E-state index is 12.5. The van der Waals surface area contributed by atoms with Crippen molar-refractivity contribution in [1.82, 2.24) is 5.32 Å². The van der Waals surface area contributed by atoms with Gasteiger partial charge in [0.2, 0.25) is 5.91 Å². The van der Waals surface area contributed by atoms with Crippen LogP contribution in [0, 0.1) is 0 Å². The van der Waals surface area contributed by atoms with Gasteiger partial charge in [0.05, 0.1) is 25.4 Å². The highest BCUT2D eigenvalue weighted by molar-refractivity contribution is 5.76. The summed E-state index contributed by atoms with van der Waals surface area (Å²) < 4.78 is 5.47. The van der Waals surface area contributed by atoms with Crippen LogP contribution in [0.4, 0.5) is 0 Å². The number of rotatable bonds is 60. The molecule has 0 rings (SSSR count). The van der Waals surface area contributed by atoms with Gasteiger partial charge in [0, 0.05) is 12.8 Å². The number of nitrogens with one attached hydrogen (secondary N) is 1. The van der Waals surface area contributed by atoms with Crippen LogP contribution in [0.1, 0.15) is 361 Å². The van der Waals surface area contributed by atoms with Crippen LogP contribution in [-0.4, -0.2) is 47.4 Å². The smallest absolute Gasteiger partial charge is 0.305 e. The molecule has 0 saturated heterocycles. The van der Waals surface area contributed by atoms with Crippen molar-refractivity contribution >= 4 is 11.9 Å². The summed E-state index contributed by atoms with van der Waals surface area (Å²) in [6, 6.07) is -0.544. The minimum absolute atomic E-state index is 0.0139. The molecule has 0 aromatic carbocycles. The molecule has 6 heteroatoms. The SMILES string of the molecule is CCCCCCCCCCCCCCCCCCCC(O)C(CO)NC(=O)CCCCCCCCCC/C=C\CCCCCCCCCCCCCCOC(=O)CCCCCCCCCCCCCC. The molecule has 0 aromatic rings. The second-order valence-electron chi connectivity index (χ2n) is 22.1. The summed E-state index contributed by atoms with van der Waals surface area (Å²) in [5, 5.41) is 23.3. The third-order valence-electron chi connectivity index (χ3n) is 15.1. The number of carbonyl (C=O) groups excluding carboxylic acids is 2. The van der Waals surface area contributed by atoms with Crippen molar-refractivity contribution in [2.24, 2.45) is 0 Å². The zero-order chi connectivity index (χ0) is 50.7. The lowest BCUT2D eigenvalue weighted by atomic mass is 10.0. The van der Waals surface area contributed by atoms with E-state index in [1.54, 1.807) is 0 Å². The molecule has 0 aliphatic rings. The number of hydrogen-bond donors (Lipinski definition) is 3. The van der Waals surface area contributed by atoms with E-state index in [2.05, 4.69) is 31.3 Å². The Morgan fingerprint density at radius 3 is 1.01 bits per heavy atom. The number of esters is 1. The largest absolute Gasteiger partial charge is 0.466 e. The Bertz CT molecular complexity index is 1050. The van der Waals surface area contributed by atoms with Crippen LogP contribution in [0.25, 0.3) is 0 Å². The first-order valence-corrected chi connectivity index (χ1v) is 31.9. The molecule has 0 spiro atoms. The fourth-order valence-corrected chi connectivity index (χ4v) is 10.2. The van der Waals surface area contributed by atoms with Crippen molar-refractivity contribution < 1.29 is 24.5 Å². The molecular formula is C64H125NO5. The molecule has 3 N–H and O–H groups in total. The molecule has 0 aliphatic carbocycles. The molecule has 0 saturated carbocycles. The van der Waals surface area contributed by atoms with Crippen molar-refractivity contribution in [3.63, 3.8) is 0 Å². The Morgan fingerprint density at radius 2 is 0.671 bits per heavy atom. The molecule has 0 radical (unpaired) electrons. The minimum Gasteiger partial charge on any atom is -0.466 e. The van der Waals surface area contributed by atoms with Crippen molar-refractivity contribution in [2.75, 3.05) is 13.2 Å². The molecule has 0 aromatic heterocycles. The quantitative estimate of drug-likeness (QED) is 0.0321. The third-order valence-corrected chi connectivity index (χ3v) is 15.1. The van der Waals surface area contributed by atoms with Crippen LogP contribution < -0.4 is 5.32 Å². The maximum Gasteiger partial charge on any atom is 0.305 e. The van der Waals surface area contributed by atoms with E-state index in [0.717, 1.165) is 38.5 Å². The summed E-state index contributed by atoms with van der Waals surface area (Å²) in [6.45, 7) is 4.98. The van der Waals surface area contributed by atoms with Crippen LogP contribution in [0.15, 0.2) is 12.2 Å². The standard InChI is InChI=1S/C64H125NO5/c1-3-5-7-9-11-13-15-17-18-27-30-33-36-40-44-48-52-56-62(67)61(60-66)65-63(68)57-53-49-45-41-37-34-31-28-25-23-21-19-20-22-24-26-29-32-35-39-43-47-51-55-59-70-64(69)58-54-50-46-42-38-16-14-12-10-8-6-4-2/h21,23,61-62,66-67H,3-20,22,24-60H2,1-2H3,(H,65,68)/b23-21-. The molecule has 6 nitrogen and oxygen atoms in total. The van der Waals surface area contributed by atoms with E-state index in [9.17, 15) is 19.8 Å². The number of amides is 1. The molecule has 1 amide bonds. The number of hydrogen-bond acceptors (Lipinski definition) is 5. The lowest BCUT2D eigenvalue weighted by molar-refractivity contribution is -0.143. The van der Waals surface area contributed by atoms with Gasteiger partial charge in [-0.1, -0.05) is 309 Å². The number of ether oxygens (including phenoxy) is 1. The van der Waals surface area contributed by atoms with Gasteiger partial charge in [0.15, 0.2) is 0 Å². The van der Waals surface area contributed by atoms with E-state index in [0.29, 0.717) is 25.9 Å². The molecule has 0 bridgehead atoms. The number of unbranched alkanes of at least 4 members (excludes halogenated alkanes) is 47. The normalized spacial score (nSPS) is 12.6. The van der Waals surface area contributed by atoms with E-state index in [-0.39, 0.29) is 18.5 Å². The predicted molar refractivity (Wildman–Crippen MR) is 306 cm³/mol. The Balaban J connectivity index is 3.40. The fourth-order valence-electron chi connectivity index (χ4n) is 10.2. The fraction of sp³-hybridized carbons (Fsp3) is 0.938. The molecule has 416 valence electrons.